The van der Waals surface area contributed by atoms with E-state index in [-0.39, 0.29) is 22.8 Å². The summed E-state index contributed by atoms with van der Waals surface area (Å²) in [5.41, 5.74) is 0.386. The van der Waals surface area contributed by atoms with Crippen LogP contribution >= 0.6 is 0 Å². The van der Waals surface area contributed by atoms with Gasteiger partial charge >= 0.3 is 0 Å². The van der Waals surface area contributed by atoms with Gasteiger partial charge in [-0.1, -0.05) is 0 Å². The predicted molar refractivity (Wildman–Crippen MR) is 131 cm³/mol. The van der Waals surface area contributed by atoms with Gasteiger partial charge < -0.3 is 28.8 Å². The topological polar surface area (TPSA) is 122 Å². The van der Waals surface area contributed by atoms with Gasteiger partial charge in [-0.2, -0.15) is 0 Å². The van der Waals surface area contributed by atoms with Gasteiger partial charge in [0.05, 0.1) is 19.1 Å². The average Bonchev–Trinajstić information content (AvgIpc) is 2.85. The Bertz CT molecular complexity index is 1490. The van der Waals surface area contributed by atoms with Crippen molar-refractivity contribution in [1.82, 2.24) is 4.57 Å². The van der Waals surface area contributed by atoms with E-state index in [2.05, 4.69) is 5.32 Å². The summed E-state index contributed by atoms with van der Waals surface area (Å²) in [5.74, 6) is 1.14. The molecule has 2 heterocycles. The number of rotatable bonds is 7. The maximum atomic E-state index is 13.5. The molecule has 0 saturated heterocycles. The maximum Gasteiger partial charge on any atom is 0.270 e. The van der Waals surface area contributed by atoms with E-state index in [9.17, 15) is 18.0 Å². The third-order valence-corrected chi connectivity index (χ3v) is 7.62. The van der Waals surface area contributed by atoms with Crippen LogP contribution in [0.4, 0.5) is 5.69 Å². The van der Waals surface area contributed by atoms with Crippen LogP contribution in [0, 0.1) is 13.8 Å². The number of aryl methyl sites for hydroxylation is 2. The summed E-state index contributed by atoms with van der Waals surface area (Å²) in [5, 5.41) is 2.71. The van der Waals surface area contributed by atoms with Crippen molar-refractivity contribution >= 4 is 21.4 Å². The van der Waals surface area contributed by atoms with E-state index in [4.69, 9.17) is 18.9 Å². The number of fused-ring (bicyclic) bond motifs is 1. The van der Waals surface area contributed by atoms with Crippen LogP contribution in [0.25, 0.3) is 0 Å². The average molecular weight is 515 g/mol. The largest absolute Gasteiger partial charge is 0.493 e. The van der Waals surface area contributed by atoms with E-state index in [1.807, 2.05) is 0 Å². The molecule has 36 heavy (non-hydrogen) atoms. The smallest absolute Gasteiger partial charge is 0.270 e. The quantitative estimate of drug-likeness (QED) is 0.511. The Morgan fingerprint density at radius 1 is 0.972 bits per heavy atom. The van der Waals surface area contributed by atoms with Gasteiger partial charge in [-0.05, 0) is 49.7 Å². The first-order valence-corrected chi connectivity index (χ1v) is 12.5. The molecule has 0 fully saturated rings. The fourth-order valence-corrected chi connectivity index (χ4v) is 5.57. The number of hydrogen-bond donors (Lipinski definition) is 1. The third-order valence-electron chi connectivity index (χ3n) is 5.71. The number of hydrogen-bond acceptors (Lipinski definition) is 8. The zero-order valence-corrected chi connectivity index (χ0v) is 21.1. The van der Waals surface area contributed by atoms with E-state index < -0.39 is 26.2 Å². The molecule has 4 rings (SSSR count). The molecule has 0 saturated carbocycles. The fraction of sp³-hybridized carbons (Fsp3) is 0.280. The molecular weight excluding hydrogens is 488 g/mol. The number of sulfone groups is 1. The zero-order chi connectivity index (χ0) is 26.0. The van der Waals surface area contributed by atoms with E-state index in [0.29, 0.717) is 41.8 Å². The van der Waals surface area contributed by atoms with Crippen LogP contribution in [0.5, 0.6) is 23.0 Å². The van der Waals surface area contributed by atoms with E-state index in [1.54, 1.807) is 38.1 Å². The van der Waals surface area contributed by atoms with Gasteiger partial charge in [0.1, 0.15) is 24.7 Å². The molecule has 1 amide bonds. The number of carbonyl (C=O) groups is 1. The van der Waals surface area contributed by atoms with Crippen molar-refractivity contribution in [3.05, 3.63) is 64.1 Å². The Morgan fingerprint density at radius 3 is 2.36 bits per heavy atom. The Balaban J connectivity index is 1.66. The number of anilines is 1. The van der Waals surface area contributed by atoms with Crippen LogP contribution in [0.2, 0.25) is 0 Å². The summed E-state index contributed by atoms with van der Waals surface area (Å²) in [6.07, 6.45) is 0. The fourth-order valence-electron chi connectivity index (χ4n) is 4.00. The van der Waals surface area contributed by atoms with Gasteiger partial charge in [0.25, 0.3) is 5.56 Å². The summed E-state index contributed by atoms with van der Waals surface area (Å²) in [6, 6.07) is 10.6. The monoisotopic (exact) mass is 514 g/mol. The van der Waals surface area contributed by atoms with Crippen molar-refractivity contribution in [2.45, 2.75) is 30.2 Å². The maximum absolute atomic E-state index is 13.5. The molecule has 1 aromatic heterocycles. The van der Waals surface area contributed by atoms with Crippen LogP contribution in [-0.2, 0) is 21.2 Å². The molecule has 1 N–H and O–H groups in total. The summed E-state index contributed by atoms with van der Waals surface area (Å²) in [4.78, 5) is 25.7. The van der Waals surface area contributed by atoms with Crippen molar-refractivity contribution < 1.29 is 32.2 Å². The summed E-state index contributed by atoms with van der Waals surface area (Å²) < 4.78 is 49.5. The molecule has 1 aliphatic heterocycles. The minimum Gasteiger partial charge on any atom is -0.493 e. The first-order chi connectivity index (χ1) is 17.1. The molecule has 0 aliphatic carbocycles. The SMILES string of the molecule is COc1ccc(S(=O)(=O)c2c(C)cc(C)n(CC(=O)Nc3ccc4c(c3)OCCO4)c2=O)cc1OC. The number of pyridine rings is 1. The minimum atomic E-state index is -4.23. The van der Waals surface area contributed by atoms with E-state index in [1.165, 1.54) is 32.4 Å². The summed E-state index contributed by atoms with van der Waals surface area (Å²) >= 11 is 0. The number of nitrogens with one attached hydrogen (secondary N) is 1. The number of methoxy groups -OCH3 is 2. The number of benzene rings is 2. The molecule has 3 aromatic rings. The number of aromatic nitrogens is 1. The van der Waals surface area contributed by atoms with Crippen LogP contribution in [0.1, 0.15) is 11.3 Å². The molecule has 0 spiro atoms. The van der Waals surface area contributed by atoms with Gasteiger partial charge in [-0.3, -0.25) is 9.59 Å². The second kappa shape index (κ2) is 9.94. The Labute approximate surface area is 208 Å². The molecule has 0 bridgehead atoms. The van der Waals surface area contributed by atoms with Crippen LogP contribution in [0.15, 0.2) is 57.1 Å². The number of carbonyl (C=O) groups excluding carboxylic acids is 1. The molecule has 2 aromatic carbocycles. The van der Waals surface area contributed by atoms with Gasteiger partial charge in [-0.25, -0.2) is 8.42 Å². The Morgan fingerprint density at radius 2 is 1.67 bits per heavy atom. The summed E-state index contributed by atoms with van der Waals surface area (Å²) in [6.45, 7) is 3.65. The predicted octanol–water partition coefficient (Wildman–Crippen LogP) is 2.73. The normalized spacial score (nSPS) is 12.7. The lowest BCUT2D eigenvalue weighted by Gasteiger charge is -2.19. The van der Waals surface area contributed by atoms with Crippen LogP contribution in [0.3, 0.4) is 0 Å². The van der Waals surface area contributed by atoms with Crippen LogP contribution in [-0.4, -0.2) is 46.3 Å². The van der Waals surface area contributed by atoms with Crippen molar-refractivity contribution in [2.75, 3.05) is 32.8 Å². The lowest BCUT2D eigenvalue weighted by atomic mass is 10.2. The van der Waals surface area contributed by atoms with Gasteiger partial charge in [0.2, 0.25) is 15.7 Å². The minimum absolute atomic E-state index is 0.128. The highest BCUT2D eigenvalue weighted by Crippen LogP contribution is 2.33. The van der Waals surface area contributed by atoms with E-state index >= 15 is 0 Å². The zero-order valence-electron chi connectivity index (χ0n) is 20.3. The van der Waals surface area contributed by atoms with Gasteiger partial charge in [-0.15, -0.1) is 0 Å². The number of amides is 1. The molecule has 0 unspecified atom stereocenters. The second-order valence-corrected chi connectivity index (χ2v) is 10.0. The molecular formula is C25H26N2O8S. The lowest BCUT2D eigenvalue weighted by Crippen LogP contribution is -2.33. The summed E-state index contributed by atoms with van der Waals surface area (Å²) in [7, 11) is -1.41. The van der Waals surface area contributed by atoms with E-state index in [0.717, 1.165) is 4.57 Å². The highest BCUT2D eigenvalue weighted by molar-refractivity contribution is 7.91. The van der Waals surface area contributed by atoms with Gasteiger partial charge in [0, 0.05) is 23.5 Å². The molecule has 10 nitrogen and oxygen atoms in total. The molecule has 0 atom stereocenters. The van der Waals surface area contributed by atoms with Crippen molar-refractivity contribution in [1.29, 1.82) is 0 Å². The highest BCUT2D eigenvalue weighted by Gasteiger charge is 2.27. The number of nitrogens with zero attached hydrogens (tertiary/aromatic N) is 1. The standard InChI is InChI=1S/C25H26N2O8S/c1-15-11-16(2)27(14-23(28)26-17-5-7-20-22(12-17)35-10-9-34-20)25(29)24(15)36(30,31)18-6-8-19(32-3)21(13-18)33-4/h5-8,11-13H,9-10,14H2,1-4H3,(H,26,28). The van der Waals surface area contributed by atoms with Crippen molar-refractivity contribution in [2.24, 2.45) is 0 Å². The highest BCUT2D eigenvalue weighted by atomic mass is 32.2. The third kappa shape index (κ3) is 4.74. The lowest BCUT2D eigenvalue weighted by molar-refractivity contribution is -0.116. The van der Waals surface area contributed by atoms with Gasteiger partial charge in [0.15, 0.2) is 23.0 Å². The molecule has 11 heteroatoms. The van der Waals surface area contributed by atoms with Crippen LogP contribution < -0.4 is 29.8 Å². The second-order valence-electron chi connectivity index (χ2n) is 8.12. The Hall–Kier alpha value is -3.99. The first-order valence-electron chi connectivity index (χ1n) is 11.0. The van der Waals surface area contributed by atoms with Crippen molar-refractivity contribution in [3.63, 3.8) is 0 Å². The molecule has 1 aliphatic rings. The molecule has 190 valence electrons. The number of ether oxygens (including phenoxy) is 4. The van der Waals surface area contributed by atoms with Crippen molar-refractivity contribution in [3.8, 4) is 23.0 Å². The molecule has 0 radical (unpaired) electrons. The Kier molecular flexibility index (Phi) is 6.93. The first kappa shape index (κ1) is 25.1.